The lowest BCUT2D eigenvalue weighted by Crippen LogP contribution is -2.40. The molecule has 0 spiro atoms. The molecule has 1 fully saturated rings. The molecular weight excluding hydrogens is 368 g/mol. The van der Waals surface area contributed by atoms with Crippen molar-refractivity contribution in [1.82, 2.24) is 10.2 Å². The number of carbonyl (C=O) groups is 3. The van der Waals surface area contributed by atoms with E-state index >= 15 is 0 Å². The van der Waals surface area contributed by atoms with Gasteiger partial charge in [0.2, 0.25) is 0 Å². The maximum atomic E-state index is 13.2. The highest BCUT2D eigenvalue weighted by atomic mass is 16.5. The molecule has 1 aliphatic rings. The topological polar surface area (TPSA) is 75.7 Å². The summed E-state index contributed by atoms with van der Waals surface area (Å²) in [6, 6.07) is 19.8. The van der Waals surface area contributed by atoms with Crippen LogP contribution in [0.5, 0.6) is 0 Å². The number of fused-ring (bicyclic) bond motifs is 1. The third-order valence-corrected chi connectivity index (χ3v) is 5.29. The van der Waals surface area contributed by atoms with E-state index in [1.807, 2.05) is 42.5 Å². The lowest BCUT2D eigenvalue weighted by Gasteiger charge is -2.23. The largest absolute Gasteiger partial charge is 0.465 e. The lowest BCUT2D eigenvalue weighted by molar-refractivity contribution is -0.131. The zero-order valence-corrected chi connectivity index (χ0v) is 16.1. The van der Waals surface area contributed by atoms with Crippen LogP contribution in [0.4, 0.5) is 4.79 Å². The first-order valence-electron chi connectivity index (χ1n) is 9.23. The number of amides is 3. The van der Waals surface area contributed by atoms with E-state index in [0.717, 1.165) is 16.3 Å². The zero-order chi connectivity index (χ0) is 20.6. The minimum atomic E-state index is -1.15. The van der Waals surface area contributed by atoms with Gasteiger partial charge in [-0.2, -0.15) is 0 Å². The van der Waals surface area contributed by atoms with Crippen LogP contribution >= 0.6 is 0 Å². The SMILES string of the molecule is COC(=O)c1cccc(CN2C(=O)N[C@@](C)(c3ccc4ccccc4c3)C2=O)c1. The Morgan fingerprint density at radius 2 is 1.76 bits per heavy atom. The van der Waals surface area contributed by atoms with Gasteiger partial charge in [0.1, 0.15) is 5.54 Å². The molecular formula is C23H20N2O4. The number of esters is 1. The third kappa shape index (κ3) is 3.23. The third-order valence-electron chi connectivity index (χ3n) is 5.29. The smallest absolute Gasteiger partial charge is 0.337 e. The second-order valence-corrected chi connectivity index (χ2v) is 7.20. The average molecular weight is 388 g/mol. The monoisotopic (exact) mass is 388 g/mol. The van der Waals surface area contributed by atoms with E-state index in [-0.39, 0.29) is 12.5 Å². The first kappa shape index (κ1) is 18.7. The molecule has 1 N–H and O–H groups in total. The van der Waals surface area contributed by atoms with Gasteiger partial charge in [-0.1, -0.05) is 48.5 Å². The number of ether oxygens (including phenoxy) is 1. The highest BCUT2D eigenvalue weighted by Crippen LogP contribution is 2.31. The molecule has 0 saturated carbocycles. The number of benzene rings is 3. The quantitative estimate of drug-likeness (QED) is 0.547. The first-order chi connectivity index (χ1) is 13.9. The minimum Gasteiger partial charge on any atom is -0.465 e. The van der Waals surface area contributed by atoms with E-state index in [0.29, 0.717) is 11.1 Å². The van der Waals surface area contributed by atoms with Gasteiger partial charge >= 0.3 is 12.0 Å². The van der Waals surface area contributed by atoms with Crippen molar-refractivity contribution >= 4 is 28.7 Å². The summed E-state index contributed by atoms with van der Waals surface area (Å²) < 4.78 is 4.73. The van der Waals surface area contributed by atoms with Crippen LogP contribution < -0.4 is 5.32 Å². The van der Waals surface area contributed by atoms with E-state index in [1.165, 1.54) is 12.0 Å². The van der Waals surface area contributed by atoms with Crippen molar-refractivity contribution in [2.24, 2.45) is 0 Å². The summed E-state index contributed by atoms with van der Waals surface area (Å²) in [5, 5.41) is 4.89. The summed E-state index contributed by atoms with van der Waals surface area (Å²) in [6.45, 7) is 1.78. The van der Waals surface area contributed by atoms with Crippen LogP contribution in [0.1, 0.15) is 28.4 Å². The van der Waals surface area contributed by atoms with Gasteiger partial charge in [0.05, 0.1) is 19.2 Å². The van der Waals surface area contributed by atoms with Crippen LogP contribution in [0.2, 0.25) is 0 Å². The minimum absolute atomic E-state index is 0.0681. The Morgan fingerprint density at radius 3 is 2.52 bits per heavy atom. The number of imide groups is 1. The van der Waals surface area contributed by atoms with Crippen molar-refractivity contribution in [3.05, 3.63) is 83.4 Å². The Kier molecular flexibility index (Phi) is 4.54. The van der Waals surface area contributed by atoms with Gasteiger partial charge < -0.3 is 10.1 Å². The molecule has 3 amide bonds. The molecule has 3 aromatic rings. The van der Waals surface area contributed by atoms with Crippen LogP contribution in [-0.4, -0.2) is 29.9 Å². The van der Waals surface area contributed by atoms with Gasteiger partial charge in [0.25, 0.3) is 5.91 Å². The standard InChI is InChI=1S/C23H20N2O4/c1-23(19-11-10-16-7-3-4-8-17(16)13-19)21(27)25(22(28)24-23)14-15-6-5-9-18(12-15)20(26)29-2/h3-13H,14H2,1-2H3,(H,24,28)/t23-/m0/s1. The van der Waals surface area contributed by atoms with Crippen LogP contribution in [0.3, 0.4) is 0 Å². The van der Waals surface area contributed by atoms with E-state index in [2.05, 4.69) is 5.32 Å². The van der Waals surface area contributed by atoms with Crippen molar-refractivity contribution in [3.8, 4) is 0 Å². The van der Waals surface area contributed by atoms with E-state index in [9.17, 15) is 14.4 Å². The van der Waals surface area contributed by atoms with Crippen molar-refractivity contribution in [2.45, 2.75) is 19.0 Å². The fraction of sp³-hybridized carbons (Fsp3) is 0.174. The summed E-state index contributed by atoms with van der Waals surface area (Å²) in [5.74, 6) is -0.800. The maximum absolute atomic E-state index is 13.2. The molecule has 1 aliphatic heterocycles. The summed E-state index contributed by atoms with van der Waals surface area (Å²) in [7, 11) is 1.31. The van der Waals surface area contributed by atoms with Gasteiger partial charge in [0.15, 0.2) is 0 Å². The Hall–Kier alpha value is -3.67. The van der Waals surface area contributed by atoms with Crippen molar-refractivity contribution in [3.63, 3.8) is 0 Å². The second kappa shape index (κ2) is 7.05. The van der Waals surface area contributed by atoms with Gasteiger partial charge in [-0.05, 0) is 47.0 Å². The molecule has 0 radical (unpaired) electrons. The molecule has 0 unspecified atom stereocenters. The molecule has 0 bridgehead atoms. The predicted octanol–water partition coefficient (Wildman–Crippen LogP) is 3.59. The second-order valence-electron chi connectivity index (χ2n) is 7.20. The Labute approximate surface area is 168 Å². The highest BCUT2D eigenvalue weighted by Gasteiger charge is 2.48. The lowest BCUT2D eigenvalue weighted by atomic mass is 9.90. The molecule has 1 saturated heterocycles. The van der Waals surface area contributed by atoms with Crippen molar-refractivity contribution in [2.75, 3.05) is 7.11 Å². The van der Waals surface area contributed by atoms with Crippen LogP contribution in [-0.2, 0) is 21.6 Å². The fourth-order valence-corrected chi connectivity index (χ4v) is 3.63. The molecule has 146 valence electrons. The number of methoxy groups -OCH3 is 1. The molecule has 1 heterocycles. The van der Waals surface area contributed by atoms with Gasteiger partial charge in [-0.15, -0.1) is 0 Å². The molecule has 29 heavy (non-hydrogen) atoms. The van der Waals surface area contributed by atoms with E-state index in [1.54, 1.807) is 31.2 Å². The van der Waals surface area contributed by atoms with Crippen LogP contribution in [0.25, 0.3) is 10.8 Å². The molecule has 4 rings (SSSR count). The summed E-state index contributed by atoms with van der Waals surface area (Å²) >= 11 is 0. The molecule has 0 aromatic heterocycles. The number of nitrogens with one attached hydrogen (secondary N) is 1. The number of urea groups is 1. The van der Waals surface area contributed by atoms with E-state index < -0.39 is 17.5 Å². The Bertz CT molecular complexity index is 1140. The molecule has 0 aliphatic carbocycles. The normalized spacial score (nSPS) is 18.8. The molecule has 6 heteroatoms. The van der Waals surface area contributed by atoms with Crippen LogP contribution in [0.15, 0.2) is 66.7 Å². The van der Waals surface area contributed by atoms with Crippen molar-refractivity contribution < 1.29 is 19.1 Å². The number of nitrogens with zero attached hydrogens (tertiary/aromatic N) is 1. The first-order valence-corrected chi connectivity index (χ1v) is 9.23. The van der Waals surface area contributed by atoms with Crippen LogP contribution in [0, 0.1) is 0 Å². The molecule has 1 atom stereocenters. The number of carbonyl (C=O) groups excluding carboxylic acids is 3. The predicted molar refractivity (Wildman–Crippen MR) is 108 cm³/mol. The van der Waals surface area contributed by atoms with Gasteiger partial charge in [0, 0.05) is 0 Å². The Morgan fingerprint density at radius 1 is 1.00 bits per heavy atom. The maximum Gasteiger partial charge on any atom is 0.337 e. The summed E-state index contributed by atoms with van der Waals surface area (Å²) in [4.78, 5) is 38.7. The zero-order valence-electron chi connectivity index (χ0n) is 16.1. The summed E-state index contributed by atoms with van der Waals surface area (Å²) in [6.07, 6.45) is 0. The summed E-state index contributed by atoms with van der Waals surface area (Å²) in [5.41, 5.74) is 0.606. The fourth-order valence-electron chi connectivity index (χ4n) is 3.63. The van der Waals surface area contributed by atoms with Gasteiger partial charge in [-0.25, -0.2) is 9.59 Å². The molecule has 3 aromatic carbocycles. The number of hydrogen-bond acceptors (Lipinski definition) is 4. The highest BCUT2D eigenvalue weighted by molar-refractivity contribution is 6.07. The van der Waals surface area contributed by atoms with E-state index in [4.69, 9.17) is 4.74 Å². The average Bonchev–Trinajstić information content (AvgIpc) is 2.97. The number of hydrogen-bond donors (Lipinski definition) is 1. The van der Waals surface area contributed by atoms with Gasteiger partial charge in [-0.3, -0.25) is 9.69 Å². The number of rotatable bonds is 4. The van der Waals surface area contributed by atoms with Crippen molar-refractivity contribution in [1.29, 1.82) is 0 Å². The molecule has 6 nitrogen and oxygen atoms in total. The Balaban J connectivity index is 1.63.